The van der Waals surface area contributed by atoms with Gasteiger partial charge in [0.05, 0.1) is 13.2 Å². The Balaban J connectivity index is 1.57. The molecule has 6 nitrogen and oxygen atoms in total. The van der Waals surface area contributed by atoms with Gasteiger partial charge in [-0.15, -0.1) is 0 Å². The molecule has 22 heavy (non-hydrogen) atoms. The number of anilines is 1. The average molecular weight is 302 g/mol. The van der Waals surface area contributed by atoms with Gasteiger partial charge in [-0.25, -0.2) is 0 Å². The van der Waals surface area contributed by atoms with Crippen molar-refractivity contribution in [1.82, 2.24) is 15.0 Å². The Morgan fingerprint density at radius 1 is 1.36 bits per heavy atom. The van der Waals surface area contributed by atoms with Gasteiger partial charge in [0.2, 0.25) is 0 Å². The largest absolute Gasteiger partial charge is 0.379 e. The van der Waals surface area contributed by atoms with Gasteiger partial charge in [0.1, 0.15) is 0 Å². The van der Waals surface area contributed by atoms with Crippen LogP contribution in [0.1, 0.15) is 13.8 Å². The van der Waals surface area contributed by atoms with Crippen LogP contribution in [0.2, 0.25) is 0 Å². The molecule has 1 aliphatic heterocycles. The predicted molar refractivity (Wildman–Crippen MR) is 84.7 cm³/mol. The van der Waals surface area contributed by atoms with E-state index < -0.39 is 0 Å². The molecule has 6 heteroatoms. The molecule has 1 aliphatic rings. The molecule has 0 aliphatic carbocycles. The van der Waals surface area contributed by atoms with Gasteiger partial charge in [0.25, 0.3) is 11.8 Å². The van der Waals surface area contributed by atoms with E-state index in [1.165, 1.54) is 0 Å². The van der Waals surface area contributed by atoms with Gasteiger partial charge in [-0.2, -0.15) is 4.98 Å². The maximum atomic E-state index is 5.48. The van der Waals surface area contributed by atoms with Crippen LogP contribution in [0.3, 0.4) is 0 Å². The first-order valence-electron chi connectivity index (χ1n) is 7.70. The van der Waals surface area contributed by atoms with Crippen molar-refractivity contribution in [2.24, 2.45) is 0 Å². The topological polar surface area (TPSA) is 63.4 Å². The van der Waals surface area contributed by atoms with Crippen molar-refractivity contribution in [3.05, 3.63) is 30.3 Å². The minimum atomic E-state index is 0.387. The lowest BCUT2D eigenvalue weighted by Gasteiger charge is -2.37. The third-order valence-corrected chi connectivity index (χ3v) is 3.99. The molecule has 1 fully saturated rings. The molecule has 0 spiro atoms. The molecular formula is C16H22N4O2. The SMILES string of the molecule is CC(CNc1noc(-c2ccccc2)n1)N1CCOCC1C. The summed E-state index contributed by atoms with van der Waals surface area (Å²) in [7, 11) is 0. The van der Waals surface area contributed by atoms with Crippen LogP contribution in [0.15, 0.2) is 34.9 Å². The average Bonchev–Trinajstić information content (AvgIpc) is 3.03. The summed E-state index contributed by atoms with van der Waals surface area (Å²) in [4.78, 5) is 6.82. The molecular weight excluding hydrogens is 280 g/mol. The van der Waals surface area contributed by atoms with E-state index >= 15 is 0 Å². The lowest BCUT2D eigenvalue weighted by molar-refractivity contribution is -0.0159. The molecule has 2 heterocycles. The molecule has 1 aromatic heterocycles. The normalized spacial score (nSPS) is 20.7. The number of rotatable bonds is 5. The molecule has 2 unspecified atom stereocenters. The van der Waals surface area contributed by atoms with Crippen molar-refractivity contribution in [2.75, 3.05) is 31.6 Å². The zero-order chi connectivity index (χ0) is 15.4. The van der Waals surface area contributed by atoms with Gasteiger partial charge in [0, 0.05) is 30.7 Å². The number of nitrogens with zero attached hydrogens (tertiary/aromatic N) is 3. The van der Waals surface area contributed by atoms with Crippen molar-refractivity contribution in [2.45, 2.75) is 25.9 Å². The number of nitrogens with one attached hydrogen (secondary N) is 1. The van der Waals surface area contributed by atoms with E-state index in [0.717, 1.165) is 31.9 Å². The summed E-state index contributed by atoms with van der Waals surface area (Å²) in [5.74, 6) is 1.07. The highest BCUT2D eigenvalue weighted by Crippen LogP contribution is 2.18. The van der Waals surface area contributed by atoms with Crippen LogP contribution in [0.5, 0.6) is 0 Å². The van der Waals surface area contributed by atoms with E-state index in [1.54, 1.807) is 0 Å². The molecule has 3 rings (SSSR count). The molecule has 1 saturated heterocycles. The molecule has 2 aromatic rings. The van der Waals surface area contributed by atoms with E-state index in [1.807, 2.05) is 30.3 Å². The number of hydrogen-bond donors (Lipinski definition) is 1. The minimum absolute atomic E-state index is 0.387. The van der Waals surface area contributed by atoms with Crippen molar-refractivity contribution < 1.29 is 9.26 Å². The quantitative estimate of drug-likeness (QED) is 0.914. The lowest BCUT2D eigenvalue weighted by Crippen LogP contribution is -2.50. The monoisotopic (exact) mass is 302 g/mol. The van der Waals surface area contributed by atoms with Crippen LogP contribution in [-0.2, 0) is 4.74 Å². The summed E-state index contributed by atoms with van der Waals surface area (Å²) in [5.41, 5.74) is 0.929. The maximum Gasteiger partial charge on any atom is 0.263 e. The molecule has 1 aromatic carbocycles. The Morgan fingerprint density at radius 3 is 2.95 bits per heavy atom. The smallest absolute Gasteiger partial charge is 0.263 e. The fourth-order valence-electron chi connectivity index (χ4n) is 2.74. The van der Waals surface area contributed by atoms with Crippen molar-refractivity contribution in [3.63, 3.8) is 0 Å². The summed E-state index contributed by atoms with van der Waals surface area (Å²) < 4.78 is 10.8. The second-order valence-corrected chi connectivity index (χ2v) is 5.68. The fourth-order valence-corrected chi connectivity index (χ4v) is 2.74. The number of benzene rings is 1. The predicted octanol–water partition coefficient (Wildman–Crippen LogP) is 2.26. The van der Waals surface area contributed by atoms with E-state index in [0.29, 0.717) is 23.9 Å². The second kappa shape index (κ2) is 6.89. The molecule has 0 saturated carbocycles. The summed E-state index contributed by atoms with van der Waals surface area (Å²) >= 11 is 0. The summed E-state index contributed by atoms with van der Waals surface area (Å²) in [5, 5.41) is 7.24. The van der Waals surface area contributed by atoms with Gasteiger partial charge in [-0.3, -0.25) is 4.90 Å². The van der Waals surface area contributed by atoms with Gasteiger partial charge >= 0.3 is 0 Å². The Kier molecular flexibility index (Phi) is 4.70. The van der Waals surface area contributed by atoms with Gasteiger partial charge in [0.15, 0.2) is 0 Å². The number of aromatic nitrogens is 2. The van der Waals surface area contributed by atoms with E-state index in [2.05, 4.69) is 34.2 Å². The summed E-state index contributed by atoms with van der Waals surface area (Å²) in [6.07, 6.45) is 0. The highest BCUT2D eigenvalue weighted by atomic mass is 16.5. The Labute approximate surface area is 130 Å². The highest BCUT2D eigenvalue weighted by Gasteiger charge is 2.23. The summed E-state index contributed by atoms with van der Waals surface area (Å²) in [6.45, 7) is 7.73. The van der Waals surface area contributed by atoms with E-state index in [-0.39, 0.29) is 0 Å². The molecule has 0 bridgehead atoms. The van der Waals surface area contributed by atoms with Gasteiger partial charge in [-0.1, -0.05) is 18.2 Å². The fraction of sp³-hybridized carbons (Fsp3) is 0.500. The number of hydrogen-bond acceptors (Lipinski definition) is 6. The number of morpholine rings is 1. The van der Waals surface area contributed by atoms with Crippen LogP contribution < -0.4 is 5.32 Å². The molecule has 2 atom stereocenters. The van der Waals surface area contributed by atoms with E-state index in [9.17, 15) is 0 Å². The molecule has 0 radical (unpaired) electrons. The van der Waals surface area contributed by atoms with Crippen LogP contribution in [0.4, 0.5) is 5.95 Å². The second-order valence-electron chi connectivity index (χ2n) is 5.68. The Hall–Kier alpha value is -1.92. The molecule has 118 valence electrons. The van der Waals surface area contributed by atoms with E-state index in [4.69, 9.17) is 9.26 Å². The first-order chi connectivity index (χ1) is 10.7. The van der Waals surface area contributed by atoms with Crippen molar-refractivity contribution in [3.8, 4) is 11.5 Å². The Morgan fingerprint density at radius 2 is 2.18 bits per heavy atom. The van der Waals surface area contributed by atoms with Crippen LogP contribution in [-0.4, -0.2) is 53.4 Å². The molecule has 0 amide bonds. The van der Waals surface area contributed by atoms with Gasteiger partial charge < -0.3 is 14.6 Å². The van der Waals surface area contributed by atoms with Crippen LogP contribution in [0, 0.1) is 0 Å². The third-order valence-electron chi connectivity index (χ3n) is 3.99. The summed E-state index contributed by atoms with van der Waals surface area (Å²) in [6, 6.07) is 10.6. The number of ether oxygens (including phenoxy) is 1. The zero-order valence-electron chi connectivity index (χ0n) is 13.0. The molecule has 1 N–H and O–H groups in total. The van der Waals surface area contributed by atoms with Crippen LogP contribution in [0.25, 0.3) is 11.5 Å². The first kappa shape index (κ1) is 15.0. The highest BCUT2D eigenvalue weighted by molar-refractivity contribution is 5.53. The lowest BCUT2D eigenvalue weighted by atomic mass is 10.2. The zero-order valence-corrected chi connectivity index (χ0v) is 13.0. The van der Waals surface area contributed by atoms with Crippen molar-refractivity contribution >= 4 is 5.95 Å². The first-order valence-corrected chi connectivity index (χ1v) is 7.70. The standard InChI is InChI=1S/C16H22N4O2/c1-12(20-8-9-21-11-13(20)2)10-17-16-18-15(22-19-16)14-6-4-3-5-7-14/h3-7,12-13H,8-11H2,1-2H3,(H,17,19). The third kappa shape index (κ3) is 3.45. The minimum Gasteiger partial charge on any atom is -0.379 e. The maximum absolute atomic E-state index is 5.48. The van der Waals surface area contributed by atoms with Crippen molar-refractivity contribution in [1.29, 1.82) is 0 Å². The van der Waals surface area contributed by atoms with Crippen LogP contribution >= 0.6 is 0 Å². The Bertz CT molecular complexity index is 587. The van der Waals surface area contributed by atoms with Gasteiger partial charge in [-0.05, 0) is 31.1 Å².